The Morgan fingerprint density at radius 3 is 3.07 bits per heavy atom. The molecule has 2 atom stereocenters. The minimum Gasteiger partial charge on any atom is -0.426 e. The zero-order valence-corrected chi connectivity index (χ0v) is 16.0. The Labute approximate surface area is 162 Å². The number of nitrogens with zero attached hydrogens (tertiary/aromatic N) is 2. The van der Waals surface area contributed by atoms with E-state index >= 15 is 0 Å². The molecular formula is C21H21N3O2S. The van der Waals surface area contributed by atoms with Gasteiger partial charge in [-0.1, -0.05) is 6.07 Å². The number of esters is 1. The predicted octanol–water partition coefficient (Wildman–Crippen LogP) is 3.34. The van der Waals surface area contributed by atoms with Crippen molar-refractivity contribution in [3.05, 3.63) is 53.2 Å². The molecule has 0 saturated carbocycles. The van der Waals surface area contributed by atoms with Gasteiger partial charge in [-0.3, -0.25) is 9.78 Å². The second-order valence-electron chi connectivity index (χ2n) is 7.33. The van der Waals surface area contributed by atoms with Gasteiger partial charge in [-0.2, -0.15) is 0 Å². The fraction of sp³-hybridized carbons (Fsp3) is 0.333. The maximum atomic E-state index is 12.7. The molecule has 1 fully saturated rings. The number of piperazine rings is 1. The van der Waals surface area contributed by atoms with Crippen molar-refractivity contribution in [3.8, 4) is 5.75 Å². The van der Waals surface area contributed by atoms with E-state index in [-0.39, 0.29) is 11.9 Å². The first-order valence-electron chi connectivity index (χ1n) is 9.34. The van der Waals surface area contributed by atoms with Gasteiger partial charge < -0.3 is 15.0 Å². The van der Waals surface area contributed by atoms with E-state index < -0.39 is 0 Å². The van der Waals surface area contributed by atoms with Crippen molar-refractivity contribution in [2.45, 2.75) is 25.3 Å². The summed E-state index contributed by atoms with van der Waals surface area (Å²) < 4.78 is 6.92. The van der Waals surface area contributed by atoms with Gasteiger partial charge in [-0.15, -0.1) is 11.3 Å². The van der Waals surface area contributed by atoms with Crippen LogP contribution in [0.15, 0.2) is 42.7 Å². The van der Waals surface area contributed by atoms with Crippen molar-refractivity contribution in [1.82, 2.24) is 10.3 Å². The number of benzene rings is 1. The molecule has 1 N–H and O–H groups in total. The normalized spacial score (nSPS) is 22.6. The number of ether oxygens (including phenoxy) is 1. The largest absolute Gasteiger partial charge is 0.426 e. The first kappa shape index (κ1) is 16.7. The number of nitrogens with one attached hydrogen (secondary N) is 1. The summed E-state index contributed by atoms with van der Waals surface area (Å²) in [6.45, 7) is 5.09. The molecule has 1 saturated heterocycles. The maximum Gasteiger partial charge on any atom is 0.320 e. The first-order chi connectivity index (χ1) is 13.2. The number of hydrogen-bond acceptors (Lipinski definition) is 6. The molecular weight excluding hydrogens is 358 g/mol. The van der Waals surface area contributed by atoms with Gasteiger partial charge in [0.25, 0.3) is 0 Å². The highest BCUT2D eigenvalue weighted by atomic mass is 32.1. The monoisotopic (exact) mass is 379 g/mol. The van der Waals surface area contributed by atoms with Crippen LogP contribution in [0.5, 0.6) is 5.75 Å². The van der Waals surface area contributed by atoms with Crippen molar-refractivity contribution in [1.29, 1.82) is 0 Å². The molecule has 2 aliphatic rings. The Hall–Kier alpha value is -2.44. The summed E-state index contributed by atoms with van der Waals surface area (Å²) in [7, 11) is 0. The summed E-state index contributed by atoms with van der Waals surface area (Å²) in [5, 5.41) is 4.54. The molecule has 0 radical (unpaired) electrons. The van der Waals surface area contributed by atoms with Crippen molar-refractivity contribution in [2.75, 3.05) is 24.5 Å². The minimum absolute atomic E-state index is 0.159. The molecule has 5 nitrogen and oxygen atoms in total. The zero-order chi connectivity index (χ0) is 18.4. The van der Waals surface area contributed by atoms with Crippen LogP contribution in [0.25, 0.3) is 10.1 Å². The van der Waals surface area contributed by atoms with Crippen molar-refractivity contribution in [3.63, 3.8) is 0 Å². The summed E-state index contributed by atoms with van der Waals surface area (Å²) in [4.78, 5) is 20.3. The minimum atomic E-state index is -0.236. The zero-order valence-electron chi connectivity index (χ0n) is 15.1. The fourth-order valence-corrected chi connectivity index (χ4v) is 5.07. The lowest BCUT2D eigenvalue weighted by atomic mass is 9.94. The molecule has 0 aliphatic carbocycles. The van der Waals surface area contributed by atoms with Crippen LogP contribution in [-0.4, -0.2) is 36.6 Å². The third-order valence-corrected chi connectivity index (χ3v) is 6.61. The molecule has 1 unspecified atom stereocenters. The fourth-order valence-electron chi connectivity index (χ4n) is 3.95. The molecule has 0 bridgehead atoms. The standard InChI is InChI=1S/C21H21N3O2S/c1-13-12-24(7-6-23-13)16-3-2-14-8-17(21(25)26-18(14)10-16)20-9-15-11-22-5-4-19(15)27-20/h2-5,9-11,13,17,23H,6-8,12H2,1H3/t13-,17?/m0/s1. The van der Waals surface area contributed by atoms with Crippen LogP contribution < -0.4 is 15.0 Å². The van der Waals surface area contributed by atoms with Gasteiger partial charge >= 0.3 is 5.97 Å². The van der Waals surface area contributed by atoms with Gasteiger partial charge in [-0.05, 0) is 37.1 Å². The molecule has 1 aromatic carbocycles. The Morgan fingerprint density at radius 2 is 2.22 bits per heavy atom. The first-order valence-corrected chi connectivity index (χ1v) is 10.2. The van der Waals surface area contributed by atoms with E-state index in [1.165, 1.54) is 0 Å². The van der Waals surface area contributed by atoms with Crippen LogP contribution in [-0.2, 0) is 11.2 Å². The van der Waals surface area contributed by atoms with Crippen LogP contribution in [0.2, 0.25) is 0 Å². The highest BCUT2D eigenvalue weighted by Gasteiger charge is 2.31. The van der Waals surface area contributed by atoms with E-state index in [2.05, 4.69) is 40.3 Å². The lowest BCUT2D eigenvalue weighted by Gasteiger charge is -2.34. The molecule has 6 heteroatoms. The van der Waals surface area contributed by atoms with Crippen LogP contribution in [0, 0.1) is 0 Å². The van der Waals surface area contributed by atoms with E-state index in [1.54, 1.807) is 17.5 Å². The quantitative estimate of drug-likeness (QED) is 0.547. The summed E-state index contributed by atoms with van der Waals surface area (Å²) in [5.41, 5.74) is 2.23. The summed E-state index contributed by atoms with van der Waals surface area (Å²) in [6, 6.07) is 10.8. The molecule has 4 heterocycles. The number of fused-ring (bicyclic) bond motifs is 2. The van der Waals surface area contributed by atoms with E-state index in [0.29, 0.717) is 18.2 Å². The second-order valence-corrected chi connectivity index (χ2v) is 8.45. The van der Waals surface area contributed by atoms with E-state index in [0.717, 1.165) is 45.8 Å². The van der Waals surface area contributed by atoms with Crippen molar-refractivity contribution >= 4 is 33.1 Å². The van der Waals surface area contributed by atoms with Gasteiger partial charge in [0.15, 0.2) is 0 Å². The molecule has 0 spiro atoms. The number of carbonyl (C=O) groups excluding carboxylic acids is 1. The molecule has 2 aliphatic heterocycles. The van der Waals surface area contributed by atoms with Gasteiger partial charge in [0.1, 0.15) is 5.75 Å². The molecule has 3 aromatic rings. The van der Waals surface area contributed by atoms with Gasteiger partial charge in [-0.25, -0.2) is 0 Å². The summed E-state index contributed by atoms with van der Waals surface area (Å²) >= 11 is 1.65. The SMILES string of the molecule is C[C@H]1CN(c2ccc3c(c2)OC(=O)C(c2cc4cnccc4s2)C3)CCN1. The third-order valence-electron chi connectivity index (χ3n) is 5.38. The van der Waals surface area contributed by atoms with E-state index in [1.807, 2.05) is 18.3 Å². The maximum absolute atomic E-state index is 12.7. The summed E-state index contributed by atoms with van der Waals surface area (Å²) in [6.07, 6.45) is 4.32. The van der Waals surface area contributed by atoms with E-state index in [4.69, 9.17) is 4.74 Å². The Morgan fingerprint density at radius 1 is 1.30 bits per heavy atom. The average Bonchev–Trinajstić information content (AvgIpc) is 3.11. The highest BCUT2D eigenvalue weighted by molar-refractivity contribution is 7.19. The van der Waals surface area contributed by atoms with Gasteiger partial charge in [0.05, 0.1) is 5.92 Å². The number of aromatic nitrogens is 1. The third kappa shape index (κ3) is 3.09. The van der Waals surface area contributed by atoms with E-state index in [9.17, 15) is 4.79 Å². The Balaban J connectivity index is 1.42. The number of anilines is 1. The van der Waals surface area contributed by atoms with Crippen LogP contribution in [0.4, 0.5) is 5.69 Å². The number of rotatable bonds is 2. The second kappa shape index (κ2) is 6.62. The van der Waals surface area contributed by atoms with Crippen LogP contribution in [0.3, 0.4) is 0 Å². The molecule has 5 rings (SSSR count). The topological polar surface area (TPSA) is 54.5 Å². The molecule has 27 heavy (non-hydrogen) atoms. The lowest BCUT2D eigenvalue weighted by Crippen LogP contribution is -2.49. The van der Waals surface area contributed by atoms with Crippen molar-refractivity contribution in [2.24, 2.45) is 0 Å². The average molecular weight is 379 g/mol. The Bertz CT molecular complexity index is 983. The van der Waals surface area contributed by atoms with Crippen LogP contribution >= 0.6 is 11.3 Å². The van der Waals surface area contributed by atoms with Crippen LogP contribution in [0.1, 0.15) is 23.3 Å². The number of pyridine rings is 1. The Kier molecular flexibility index (Phi) is 4.10. The van der Waals surface area contributed by atoms with Gasteiger partial charge in [0.2, 0.25) is 0 Å². The molecule has 0 amide bonds. The number of thiophene rings is 1. The van der Waals surface area contributed by atoms with Gasteiger partial charge in [0, 0.05) is 64.8 Å². The predicted molar refractivity (Wildman–Crippen MR) is 108 cm³/mol. The number of hydrogen-bond donors (Lipinski definition) is 1. The highest BCUT2D eigenvalue weighted by Crippen LogP contribution is 2.39. The molecule has 2 aromatic heterocycles. The summed E-state index contributed by atoms with van der Waals surface area (Å²) in [5.74, 6) is 0.315. The lowest BCUT2D eigenvalue weighted by molar-refractivity contribution is -0.137. The smallest absolute Gasteiger partial charge is 0.320 e. The molecule has 138 valence electrons. The van der Waals surface area contributed by atoms with Crippen molar-refractivity contribution < 1.29 is 9.53 Å². The number of carbonyl (C=O) groups is 1.